The third kappa shape index (κ3) is 14.7. The number of hydrogen-bond acceptors (Lipinski definition) is 6. The Hall–Kier alpha value is -1.85. The molecule has 0 aromatic rings. The number of ether oxygens (including phenoxy) is 1. The maximum Gasteiger partial charge on any atom is 0.381 e. The van der Waals surface area contributed by atoms with E-state index in [1.165, 1.54) is 13.8 Å². The van der Waals surface area contributed by atoms with Crippen molar-refractivity contribution in [2.45, 2.75) is 34.1 Å². The average Bonchev–Trinajstić information content (AvgIpc) is 2.00. The molecule has 0 N–H and O–H groups in total. The van der Waals surface area contributed by atoms with Crippen LogP contribution in [0.25, 0.3) is 0 Å². The zero-order chi connectivity index (χ0) is 13.3. The highest BCUT2D eigenvalue weighted by molar-refractivity contribution is 6.34. The monoisotopic (exact) mass is 230 g/mol. The molecule has 0 spiro atoms. The second-order valence-corrected chi connectivity index (χ2v) is 3.02. The van der Waals surface area contributed by atoms with Crippen LogP contribution >= 0.6 is 0 Å². The molecular weight excluding hydrogens is 216 g/mol. The number of carbonyl (C=O) groups is 5. The quantitative estimate of drug-likeness (QED) is 0.391. The molecular formula is C10H14O6. The lowest BCUT2D eigenvalue weighted by molar-refractivity contribution is -0.162. The lowest BCUT2D eigenvalue weighted by atomic mass is 10.2. The van der Waals surface area contributed by atoms with Crippen LogP contribution < -0.4 is 0 Å². The summed E-state index contributed by atoms with van der Waals surface area (Å²) in [6, 6.07) is 0. The lowest BCUT2D eigenvalue weighted by Crippen LogP contribution is -2.16. The van der Waals surface area contributed by atoms with Crippen molar-refractivity contribution in [3.05, 3.63) is 0 Å². The van der Waals surface area contributed by atoms with Crippen molar-refractivity contribution < 1.29 is 28.7 Å². The van der Waals surface area contributed by atoms with Crippen molar-refractivity contribution in [3.8, 4) is 0 Å². The van der Waals surface area contributed by atoms with Crippen LogP contribution in [0.2, 0.25) is 0 Å². The largest absolute Gasteiger partial charge is 0.387 e. The second kappa shape index (κ2) is 8.46. The first-order valence-electron chi connectivity index (χ1n) is 4.39. The van der Waals surface area contributed by atoms with E-state index in [1.54, 1.807) is 0 Å². The fraction of sp³-hybridized carbons (Fsp3) is 0.500. The van der Waals surface area contributed by atoms with Gasteiger partial charge in [0, 0.05) is 13.8 Å². The molecule has 0 radical (unpaired) electrons. The summed E-state index contributed by atoms with van der Waals surface area (Å²) >= 11 is 0. The summed E-state index contributed by atoms with van der Waals surface area (Å²) < 4.78 is 3.88. The smallest absolute Gasteiger partial charge is 0.381 e. The summed E-state index contributed by atoms with van der Waals surface area (Å²) in [6.45, 7) is 4.90. The van der Waals surface area contributed by atoms with E-state index < -0.39 is 17.7 Å². The zero-order valence-electron chi connectivity index (χ0n) is 9.66. The lowest BCUT2D eigenvalue weighted by Gasteiger charge is -1.91. The Morgan fingerprint density at radius 1 is 0.812 bits per heavy atom. The maximum atomic E-state index is 10.2. The maximum absolute atomic E-state index is 10.2. The minimum atomic E-state index is -1.11. The predicted molar refractivity (Wildman–Crippen MR) is 53.4 cm³/mol. The van der Waals surface area contributed by atoms with Crippen LogP contribution in [-0.4, -0.2) is 29.3 Å². The Morgan fingerprint density at radius 3 is 1.25 bits per heavy atom. The first-order valence-corrected chi connectivity index (χ1v) is 4.39. The molecule has 6 nitrogen and oxygen atoms in total. The highest BCUT2D eigenvalue weighted by atomic mass is 16.6. The Labute approximate surface area is 93.0 Å². The molecule has 6 heteroatoms. The first-order chi connectivity index (χ1) is 7.16. The SMILES string of the molecule is CC(=O)CC(C)=O.CC(=O)OC(=O)C(C)=O. The summed E-state index contributed by atoms with van der Waals surface area (Å²) in [5, 5.41) is 0. The number of Topliss-reactive ketones (excluding diaryl/α,β-unsaturated/α-hetero) is 3. The third-order valence-electron chi connectivity index (χ3n) is 1.02. The highest BCUT2D eigenvalue weighted by Gasteiger charge is 2.10. The molecule has 0 fully saturated rings. The van der Waals surface area contributed by atoms with Crippen molar-refractivity contribution in [2.24, 2.45) is 0 Å². The van der Waals surface area contributed by atoms with Crippen LogP contribution in [0, 0.1) is 0 Å². The van der Waals surface area contributed by atoms with E-state index in [9.17, 15) is 24.0 Å². The van der Waals surface area contributed by atoms with Crippen LogP contribution in [0.1, 0.15) is 34.1 Å². The van der Waals surface area contributed by atoms with Gasteiger partial charge in [0.15, 0.2) is 0 Å². The standard InChI is InChI=1S/C5H6O4.C5H8O2/c1-3(6)5(8)9-4(2)7;1-4(6)3-5(2)7/h1-2H3;3H2,1-2H3. The van der Waals surface area contributed by atoms with Crippen molar-refractivity contribution in [3.63, 3.8) is 0 Å². The van der Waals surface area contributed by atoms with E-state index in [2.05, 4.69) is 4.74 Å². The normalized spacial score (nSPS) is 8.25. The van der Waals surface area contributed by atoms with Gasteiger partial charge in [0.05, 0.1) is 6.42 Å². The Bertz CT molecular complexity index is 303. The van der Waals surface area contributed by atoms with Gasteiger partial charge in [0.1, 0.15) is 11.6 Å². The van der Waals surface area contributed by atoms with E-state index in [1.807, 2.05) is 0 Å². The van der Waals surface area contributed by atoms with Gasteiger partial charge in [-0.25, -0.2) is 4.79 Å². The van der Waals surface area contributed by atoms with Gasteiger partial charge in [-0.3, -0.25) is 19.2 Å². The summed E-state index contributed by atoms with van der Waals surface area (Å²) in [5.41, 5.74) is 0. The van der Waals surface area contributed by atoms with Crippen molar-refractivity contribution >= 4 is 29.3 Å². The van der Waals surface area contributed by atoms with E-state index in [0.717, 1.165) is 13.8 Å². The fourth-order valence-electron chi connectivity index (χ4n) is 0.553. The van der Waals surface area contributed by atoms with Gasteiger partial charge in [-0.2, -0.15) is 0 Å². The molecule has 0 aromatic carbocycles. The van der Waals surface area contributed by atoms with Crippen molar-refractivity contribution in [2.75, 3.05) is 0 Å². The van der Waals surface area contributed by atoms with Gasteiger partial charge in [0.2, 0.25) is 5.78 Å². The molecule has 0 bridgehead atoms. The molecule has 0 aliphatic rings. The van der Waals surface area contributed by atoms with Crippen LogP contribution in [-0.2, 0) is 28.7 Å². The molecule has 90 valence electrons. The van der Waals surface area contributed by atoms with Crippen LogP contribution in [0.15, 0.2) is 0 Å². The average molecular weight is 230 g/mol. The first kappa shape index (κ1) is 16.6. The molecule has 0 atom stereocenters. The minimum Gasteiger partial charge on any atom is -0.387 e. The molecule has 0 saturated heterocycles. The number of hydrogen-bond donors (Lipinski definition) is 0. The summed E-state index contributed by atoms with van der Waals surface area (Å²) in [4.78, 5) is 50.2. The van der Waals surface area contributed by atoms with Gasteiger partial charge in [-0.1, -0.05) is 0 Å². The molecule has 0 aliphatic carbocycles. The molecule has 0 aromatic heterocycles. The molecule has 0 heterocycles. The van der Waals surface area contributed by atoms with Gasteiger partial charge >= 0.3 is 11.9 Å². The van der Waals surface area contributed by atoms with Crippen LogP contribution in [0.4, 0.5) is 0 Å². The fourth-order valence-corrected chi connectivity index (χ4v) is 0.553. The summed E-state index contributed by atoms with van der Waals surface area (Å²) in [5.74, 6) is -2.78. The van der Waals surface area contributed by atoms with E-state index in [4.69, 9.17) is 0 Å². The highest BCUT2D eigenvalue weighted by Crippen LogP contribution is 1.80. The Balaban J connectivity index is 0. The van der Waals surface area contributed by atoms with Crippen molar-refractivity contribution in [1.29, 1.82) is 0 Å². The Kier molecular flexibility index (Phi) is 8.76. The van der Waals surface area contributed by atoms with Gasteiger partial charge < -0.3 is 4.74 Å². The summed E-state index contributed by atoms with van der Waals surface area (Å²) in [6.07, 6.45) is 0.0833. The number of carbonyl (C=O) groups excluding carboxylic acids is 5. The number of rotatable bonds is 3. The predicted octanol–water partition coefficient (Wildman–Crippen LogP) is 0.220. The topological polar surface area (TPSA) is 94.6 Å². The van der Waals surface area contributed by atoms with E-state index in [-0.39, 0.29) is 18.0 Å². The van der Waals surface area contributed by atoms with Crippen LogP contribution in [0.3, 0.4) is 0 Å². The molecule has 0 unspecified atom stereocenters. The molecule has 0 amide bonds. The van der Waals surface area contributed by atoms with Crippen molar-refractivity contribution in [1.82, 2.24) is 0 Å². The van der Waals surface area contributed by atoms with Crippen LogP contribution in [0.5, 0.6) is 0 Å². The van der Waals surface area contributed by atoms with E-state index >= 15 is 0 Å². The number of esters is 2. The molecule has 0 saturated carbocycles. The van der Waals surface area contributed by atoms with Gasteiger partial charge in [-0.15, -0.1) is 0 Å². The van der Waals surface area contributed by atoms with Gasteiger partial charge in [0.25, 0.3) is 0 Å². The van der Waals surface area contributed by atoms with E-state index in [0.29, 0.717) is 0 Å². The second-order valence-electron chi connectivity index (χ2n) is 3.02. The molecule has 0 rings (SSSR count). The van der Waals surface area contributed by atoms with Gasteiger partial charge in [-0.05, 0) is 13.8 Å². The minimum absolute atomic E-state index is 0.0625. The molecule has 16 heavy (non-hydrogen) atoms. The molecule has 0 aliphatic heterocycles. The number of ketones is 3. The summed E-state index contributed by atoms with van der Waals surface area (Å²) in [7, 11) is 0. The zero-order valence-corrected chi connectivity index (χ0v) is 9.66. The Morgan fingerprint density at radius 2 is 1.19 bits per heavy atom. The third-order valence-corrected chi connectivity index (χ3v) is 1.02.